The van der Waals surface area contributed by atoms with Gasteiger partial charge in [-0.05, 0) is 24.6 Å². The van der Waals surface area contributed by atoms with Crippen LogP contribution in [0.4, 0.5) is 0 Å². The molecule has 0 atom stereocenters. The second-order valence-corrected chi connectivity index (χ2v) is 4.01. The number of hydrogen-bond donors (Lipinski definition) is 0. The molecule has 1 heterocycles. The number of aryl methyl sites for hydroxylation is 1. The van der Waals surface area contributed by atoms with Gasteiger partial charge in [0.2, 0.25) is 11.6 Å². The lowest BCUT2D eigenvalue weighted by Crippen LogP contribution is -2.07. The molecule has 1 aromatic carbocycles. The van der Waals surface area contributed by atoms with Crippen molar-refractivity contribution < 1.29 is 14.3 Å². The van der Waals surface area contributed by atoms with Crippen molar-refractivity contribution in [2.75, 3.05) is 14.2 Å². The Balaban J connectivity index is 2.40. The molecule has 0 saturated carbocycles. The summed E-state index contributed by atoms with van der Waals surface area (Å²) < 4.78 is 10.3. The molecular weight excluding hydrogens is 244 g/mol. The van der Waals surface area contributed by atoms with Crippen LogP contribution in [-0.4, -0.2) is 30.0 Å². The molecule has 1 aromatic heterocycles. The van der Waals surface area contributed by atoms with Crippen LogP contribution in [0.1, 0.15) is 21.7 Å². The second kappa shape index (κ2) is 5.48. The first kappa shape index (κ1) is 13.0. The van der Waals surface area contributed by atoms with E-state index < -0.39 is 0 Å². The number of aromatic nitrogens is 2. The Morgan fingerprint density at radius 3 is 2.00 bits per heavy atom. The first-order chi connectivity index (χ1) is 9.13. The number of benzene rings is 1. The molecule has 0 fully saturated rings. The summed E-state index contributed by atoms with van der Waals surface area (Å²) in [7, 11) is 3.07. The molecule has 19 heavy (non-hydrogen) atoms. The molecule has 0 radical (unpaired) electrons. The summed E-state index contributed by atoms with van der Waals surface area (Å²) in [6.07, 6.45) is 3.22. The topological polar surface area (TPSA) is 61.3 Å². The maximum Gasteiger partial charge on any atom is 0.230 e. The molecule has 5 nitrogen and oxygen atoms in total. The number of methoxy groups -OCH3 is 2. The fraction of sp³-hybridized carbons (Fsp3) is 0.214. The summed E-state index contributed by atoms with van der Waals surface area (Å²) in [6, 6.07) is 4.97. The molecule has 0 aliphatic rings. The highest BCUT2D eigenvalue weighted by atomic mass is 16.5. The normalized spacial score (nSPS) is 10.1. The number of carbonyl (C=O) groups excluding carboxylic acids is 1. The fourth-order valence-corrected chi connectivity index (χ4v) is 1.58. The molecule has 2 aromatic rings. The Hall–Kier alpha value is -2.43. The monoisotopic (exact) mass is 258 g/mol. The van der Waals surface area contributed by atoms with Crippen LogP contribution >= 0.6 is 0 Å². The molecular formula is C14H14N2O3. The maximum atomic E-state index is 12.3. The highest BCUT2D eigenvalue weighted by molar-refractivity contribution is 6.06. The molecule has 98 valence electrons. The summed E-state index contributed by atoms with van der Waals surface area (Å²) in [6.45, 7) is 1.86. The van der Waals surface area contributed by atoms with Gasteiger partial charge in [-0.25, -0.2) is 9.97 Å². The number of ether oxygens (including phenoxy) is 2. The predicted octanol–water partition coefficient (Wildman–Crippen LogP) is 2.03. The summed E-state index contributed by atoms with van der Waals surface area (Å²) >= 11 is 0. The van der Waals surface area contributed by atoms with E-state index in [9.17, 15) is 4.79 Å². The third-order valence-electron chi connectivity index (χ3n) is 2.60. The summed E-state index contributed by atoms with van der Waals surface area (Å²) in [4.78, 5) is 20.3. The third kappa shape index (κ3) is 2.88. The van der Waals surface area contributed by atoms with Crippen LogP contribution in [-0.2, 0) is 0 Å². The number of rotatable bonds is 4. The van der Waals surface area contributed by atoms with E-state index in [0.29, 0.717) is 17.1 Å². The highest BCUT2D eigenvalue weighted by Gasteiger charge is 2.14. The average Bonchev–Trinajstić information content (AvgIpc) is 2.46. The van der Waals surface area contributed by atoms with Crippen molar-refractivity contribution in [3.05, 3.63) is 47.5 Å². The lowest BCUT2D eigenvalue weighted by molar-refractivity contribution is 0.102. The van der Waals surface area contributed by atoms with Gasteiger partial charge in [0, 0.05) is 24.0 Å². The van der Waals surface area contributed by atoms with Crippen molar-refractivity contribution in [2.24, 2.45) is 0 Å². The van der Waals surface area contributed by atoms with Crippen LogP contribution in [0.25, 0.3) is 0 Å². The minimum atomic E-state index is -0.266. The van der Waals surface area contributed by atoms with Gasteiger partial charge < -0.3 is 9.47 Å². The first-order valence-corrected chi connectivity index (χ1v) is 5.70. The molecule has 0 unspecified atom stereocenters. The molecule has 0 amide bonds. The molecule has 0 saturated heterocycles. The Morgan fingerprint density at radius 2 is 1.53 bits per heavy atom. The number of nitrogens with zero attached hydrogens (tertiary/aromatic N) is 2. The zero-order valence-electron chi connectivity index (χ0n) is 11.0. The van der Waals surface area contributed by atoms with Crippen LogP contribution in [0.2, 0.25) is 0 Å². The van der Waals surface area contributed by atoms with Crippen molar-refractivity contribution in [3.8, 4) is 11.5 Å². The van der Waals surface area contributed by atoms with E-state index in [0.717, 1.165) is 5.56 Å². The molecule has 2 rings (SSSR count). The van der Waals surface area contributed by atoms with Crippen LogP contribution in [0, 0.1) is 6.92 Å². The van der Waals surface area contributed by atoms with Crippen molar-refractivity contribution in [2.45, 2.75) is 6.92 Å². The van der Waals surface area contributed by atoms with Crippen molar-refractivity contribution in [3.63, 3.8) is 0 Å². The lowest BCUT2D eigenvalue weighted by atomic mass is 10.1. The number of carbonyl (C=O) groups is 1. The van der Waals surface area contributed by atoms with Gasteiger partial charge in [-0.15, -0.1) is 0 Å². The molecule has 0 spiro atoms. The van der Waals surface area contributed by atoms with Crippen molar-refractivity contribution in [1.82, 2.24) is 9.97 Å². The summed E-state index contributed by atoms with van der Waals surface area (Å²) in [5.74, 6) is 0.989. The first-order valence-electron chi connectivity index (χ1n) is 5.70. The standard InChI is InChI=1S/C14H14N2O3/c1-9-7-15-14(16-8-9)13(17)10-4-11(18-2)6-12(5-10)19-3/h4-8H,1-3H3. The number of hydrogen-bond acceptors (Lipinski definition) is 5. The Bertz CT molecular complexity index is 572. The van der Waals surface area contributed by atoms with E-state index >= 15 is 0 Å². The highest BCUT2D eigenvalue weighted by Crippen LogP contribution is 2.23. The quantitative estimate of drug-likeness (QED) is 0.785. The molecule has 0 bridgehead atoms. The van der Waals surface area contributed by atoms with Gasteiger partial charge in [-0.2, -0.15) is 0 Å². The smallest absolute Gasteiger partial charge is 0.230 e. The summed E-state index contributed by atoms with van der Waals surface area (Å²) in [5.41, 5.74) is 1.33. The zero-order chi connectivity index (χ0) is 13.8. The average molecular weight is 258 g/mol. The van der Waals surface area contributed by atoms with E-state index in [4.69, 9.17) is 9.47 Å². The van der Waals surface area contributed by atoms with E-state index in [1.807, 2.05) is 6.92 Å². The van der Waals surface area contributed by atoms with E-state index in [1.165, 1.54) is 14.2 Å². The predicted molar refractivity (Wildman–Crippen MR) is 69.7 cm³/mol. The molecule has 0 aliphatic carbocycles. The van der Waals surface area contributed by atoms with Gasteiger partial charge in [-0.3, -0.25) is 4.79 Å². The molecule has 0 aliphatic heterocycles. The van der Waals surface area contributed by atoms with Crippen LogP contribution < -0.4 is 9.47 Å². The van der Waals surface area contributed by atoms with Gasteiger partial charge in [0.25, 0.3) is 0 Å². The van der Waals surface area contributed by atoms with Gasteiger partial charge in [0.1, 0.15) is 11.5 Å². The number of ketones is 1. The van der Waals surface area contributed by atoms with Gasteiger partial charge in [0.15, 0.2) is 0 Å². The molecule has 0 N–H and O–H groups in total. The Kier molecular flexibility index (Phi) is 3.75. The van der Waals surface area contributed by atoms with Crippen LogP contribution in [0.3, 0.4) is 0 Å². The van der Waals surface area contributed by atoms with E-state index in [2.05, 4.69) is 9.97 Å². The third-order valence-corrected chi connectivity index (χ3v) is 2.60. The minimum Gasteiger partial charge on any atom is -0.497 e. The SMILES string of the molecule is COc1cc(OC)cc(C(=O)c2ncc(C)cn2)c1. The second-order valence-electron chi connectivity index (χ2n) is 4.01. The minimum absolute atomic E-state index is 0.154. The van der Waals surface area contributed by atoms with Crippen molar-refractivity contribution in [1.29, 1.82) is 0 Å². The van der Waals surface area contributed by atoms with Crippen LogP contribution in [0.15, 0.2) is 30.6 Å². The van der Waals surface area contributed by atoms with Gasteiger partial charge in [-0.1, -0.05) is 0 Å². The van der Waals surface area contributed by atoms with Gasteiger partial charge in [0.05, 0.1) is 14.2 Å². The molecule has 5 heteroatoms. The largest absolute Gasteiger partial charge is 0.497 e. The van der Waals surface area contributed by atoms with Crippen molar-refractivity contribution >= 4 is 5.78 Å². The maximum absolute atomic E-state index is 12.3. The lowest BCUT2D eigenvalue weighted by Gasteiger charge is -2.07. The Labute approximate surface area is 111 Å². The van der Waals surface area contributed by atoms with Gasteiger partial charge >= 0.3 is 0 Å². The summed E-state index contributed by atoms with van der Waals surface area (Å²) in [5, 5.41) is 0. The Morgan fingerprint density at radius 1 is 1.00 bits per heavy atom. The zero-order valence-corrected chi connectivity index (χ0v) is 11.0. The van der Waals surface area contributed by atoms with E-state index in [-0.39, 0.29) is 11.6 Å². The van der Waals surface area contributed by atoms with E-state index in [1.54, 1.807) is 30.6 Å². The fourth-order valence-electron chi connectivity index (χ4n) is 1.58. The van der Waals surface area contributed by atoms with Crippen LogP contribution in [0.5, 0.6) is 11.5 Å².